The molecule has 136 valence electrons. The molecule has 1 saturated heterocycles. The molecule has 6 nitrogen and oxygen atoms in total. The number of hydrazine groups is 1. The molecular formula is C19H15ClN4O2S. The van der Waals surface area contributed by atoms with Crippen molar-refractivity contribution in [2.75, 3.05) is 0 Å². The molecule has 4 rings (SSSR count). The molecule has 0 spiro atoms. The van der Waals surface area contributed by atoms with E-state index in [-0.39, 0.29) is 22.1 Å². The average Bonchev–Trinajstić information content (AvgIpc) is 2.98. The predicted molar refractivity (Wildman–Crippen MR) is 108 cm³/mol. The maximum Gasteiger partial charge on any atom is 0.240 e. The lowest BCUT2D eigenvalue weighted by Gasteiger charge is -2.27. The fourth-order valence-electron chi connectivity index (χ4n) is 3.39. The monoisotopic (exact) mass is 398 g/mol. The number of amides is 2. The second-order valence-corrected chi connectivity index (χ2v) is 7.04. The van der Waals surface area contributed by atoms with Crippen molar-refractivity contribution in [2.45, 2.75) is 20.0 Å². The molecule has 0 saturated carbocycles. The van der Waals surface area contributed by atoms with E-state index in [9.17, 15) is 9.59 Å². The summed E-state index contributed by atoms with van der Waals surface area (Å²) in [7, 11) is 0. The fraction of sp³-hybridized carbons (Fsp3) is 0.158. The van der Waals surface area contributed by atoms with Gasteiger partial charge >= 0.3 is 0 Å². The molecular weight excluding hydrogens is 384 g/mol. The van der Waals surface area contributed by atoms with E-state index in [1.165, 1.54) is 23.8 Å². The fourth-order valence-corrected chi connectivity index (χ4v) is 3.96. The number of hydrogen-bond donors (Lipinski definition) is 1. The van der Waals surface area contributed by atoms with Gasteiger partial charge in [-0.2, -0.15) is 0 Å². The van der Waals surface area contributed by atoms with Crippen molar-refractivity contribution >= 4 is 62.4 Å². The summed E-state index contributed by atoms with van der Waals surface area (Å²) in [6, 6.07) is 13.7. The van der Waals surface area contributed by atoms with Gasteiger partial charge in [0.1, 0.15) is 5.15 Å². The summed E-state index contributed by atoms with van der Waals surface area (Å²) in [4.78, 5) is 30.2. The number of aromatic nitrogens is 1. The molecule has 2 heterocycles. The Morgan fingerprint density at radius 1 is 1.11 bits per heavy atom. The minimum atomic E-state index is -0.795. The van der Waals surface area contributed by atoms with Crippen LogP contribution in [0.15, 0.2) is 42.5 Å². The number of rotatable bonds is 1. The molecule has 2 aromatic carbocycles. The zero-order chi connectivity index (χ0) is 19.3. The van der Waals surface area contributed by atoms with Gasteiger partial charge in [0.25, 0.3) is 0 Å². The highest BCUT2D eigenvalue weighted by Gasteiger charge is 2.41. The number of pyridine rings is 1. The Bertz CT molecular complexity index is 1130. The maximum absolute atomic E-state index is 12.2. The Morgan fingerprint density at radius 2 is 1.85 bits per heavy atom. The molecule has 0 aliphatic carbocycles. The van der Waals surface area contributed by atoms with Crippen LogP contribution in [0.3, 0.4) is 0 Å². The molecule has 0 bridgehead atoms. The van der Waals surface area contributed by atoms with E-state index in [1.54, 1.807) is 0 Å². The van der Waals surface area contributed by atoms with E-state index in [1.807, 2.05) is 42.5 Å². The van der Waals surface area contributed by atoms with Gasteiger partial charge in [-0.1, -0.05) is 41.9 Å². The van der Waals surface area contributed by atoms with Gasteiger partial charge < -0.3 is 0 Å². The lowest BCUT2D eigenvalue weighted by atomic mass is 10.0. The number of fused-ring (bicyclic) bond motifs is 3. The van der Waals surface area contributed by atoms with Crippen LogP contribution in [-0.2, 0) is 9.59 Å². The van der Waals surface area contributed by atoms with Crippen molar-refractivity contribution in [3.8, 4) is 0 Å². The SMILES string of the molecule is CC(=O)N1NC(=S)N(C(C)=O)C1c1cc2c(ccc3ccccc32)nc1Cl. The van der Waals surface area contributed by atoms with E-state index < -0.39 is 6.17 Å². The van der Waals surface area contributed by atoms with Crippen LogP contribution in [0.25, 0.3) is 21.7 Å². The van der Waals surface area contributed by atoms with E-state index in [0.717, 1.165) is 21.7 Å². The summed E-state index contributed by atoms with van der Waals surface area (Å²) in [5.41, 5.74) is 4.04. The Balaban J connectivity index is 1.99. The van der Waals surface area contributed by atoms with Crippen LogP contribution in [0.1, 0.15) is 25.6 Å². The first kappa shape index (κ1) is 17.6. The van der Waals surface area contributed by atoms with Gasteiger partial charge in [0.05, 0.1) is 5.52 Å². The normalized spacial score (nSPS) is 16.9. The summed E-state index contributed by atoms with van der Waals surface area (Å²) in [5.74, 6) is -0.587. The molecule has 1 fully saturated rings. The summed E-state index contributed by atoms with van der Waals surface area (Å²) >= 11 is 11.7. The van der Waals surface area contributed by atoms with Crippen molar-refractivity contribution in [1.82, 2.24) is 20.3 Å². The largest absolute Gasteiger partial charge is 0.275 e. The molecule has 1 aliphatic rings. The quantitative estimate of drug-likeness (QED) is 0.386. The van der Waals surface area contributed by atoms with Gasteiger partial charge in [-0.05, 0) is 35.1 Å². The second kappa shape index (κ2) is 6.44. The third-order valence-electron chi connectivity index (χ3n) is 4.59. The number of carbonyl (C=O) groups excluding carboxylic acids is 2. The first-order chi connectivity index (χ1) is 12.9. The number of hydrogen-bond acceptors (Lipinski definition) is 4. The zero-order valence-electron chi connectivity index (χ0n) is 14.6. The third kappa shape index (κ3) is 2.79. The first-order valence-electron chi connectivity index (χ1n) is 8.26. The van der Waals surface area contributed by atoms with Crippen LogP contribution < -0.4 is 5.43 Å². The van der Waals surface area contributed by atoms with Crippen molar-refractivity contribution in [2.24, 2.45) is 0 Å². The maximum atomic E-state index is 12.2. The summed E-state index contributed by atoms with van der Waals surface area (Å²) in [5, 5.41) is 4.62. The predicted octanol–water partition coefficient (Wildman–Crippen LogP) is 3.54. The third-order valence-corrected chi connectivity index (χ3v) is 5.18. The van der Waals surface area contributed by atoms with Gasteiger partial charge in [-0.15, -0.1) is 0 Å². The van der Waals surface area contributed by atoms with Crippen LogP contribution in [0.5, 0.6) is 0 Å². The smallest absolute Gasteiger partial charge is 0.240 e. The van der Waals surface area contributed by atoms with Gasteiger partial charge in [0.2, 0.25) is 11.8 Å². The topological polar surface area (TPSA) is 65.5 Å². The Hall–Kier alpha value is -2.77. The standard InChI is InChI=1S/C19H15ClN4O2S/c1-10(25)23-18(24(11(2)26)22-19(23)27)15-9-14-13-6-4-3-5-12(13)7-8-16(14)21-17(15)20/h3-9,18H,1-2H3,(H,22,27). The minimum absolute atomic E-state index is 0.150. The number of nitrogens with zero attached hydrogens (tertiary/aromatic N) is 3. The lowest BCUT2D eigenvalue weighted by molar-refractivity contribution is -0.137. The molecule has 1 N–H and O–H groups in total. The molecule has 1 aliphatic heterocycles. The van der Waals surface area contributed by atoms with Crippen molar-refractivity contribution in [3.63, 3.8) is 0 Å². The van der Waals surface area contributed by atoms with Crippen LogP contribution >= 0.6 is 23.8 Å². The van der Waals surface area contributed by atoms with Crippen molar-refractivity contribution in [1.29, 1.82) is 0 Å². The molecule has 27 heavy (non-hydrogen) atoms. The van der Waals surface area contributed by atoms with Crippen molar-refractivity contribution < 1.29 is 9.59 Å². The average molecular weight is 399 g/mol. The van der Waals surface area contributed by atoms with E-state index in [4.69, 9.17) is 23.8 Å². The number of carbonyl (C=O) groups is 2. The van der Waals surface area contributed by atoms with E-state index in [0.29, 0.717) is 5.56 Å². The second-order valence-electron chi connectivity index (χ2n) is 6.29. The Morgan fingerprint density at radius 3 is 2.56 bits per heavy atom. The molecule has 3 aromatic rings. The summed E-state index contributed by atoms with van der Waals surface area (Å²) in [6.07, 6.45) is -0.795. The number of benzene rings is 2. The first-order valence-corrected chi connectivity index (χ1v) is 9.05. The highest BCUT2D eigenvalue weighted by atomic mass is 35.5. The van der Waals surface area contributed by atoms with E-state index in [2.05, 4.69) is 10.4 Å². The Kier molecular flexibility index (Phi) is 4.20. The summed E-state index contributed by atoms with van der Waals surface area (Å²) in [6.45, 7) is 2.78. The lowest BCUT2D eigenvalue weighted by Crippen LogP contribution is -2.39. The molecule has 1 aromatic heterocycles. The summed E-state index contributed by atoms with van der Waals surface area (Å²) < 4.78 is 0. The number of thiocarbonyl (C=S) groups is 1. The molecule has 1 unspecified atom stereocenters. The highest BCUT2D eigenvalue weighted by Crippen LogP contribution is 2.36. The van der Waals surface area contributed by atoms with Gasteiger partial charge in [-0.3, -0.25) is 19.9 Å². The van der Waals surface area contributed by atoms with Crippen LogP contribution in [0.2, 0.25) is 5.15 Å². The van der Waals surface area contributed by atoms with Crippen LogP contribution in [-0.4, -0.2) is 31.8 Å². The Labute approximate surface area is 165 Å². The van der Waals surface area contributed by atoms with Crippen molar-refractivity contribution in [3.05, 3.63) is 53.2 Å². The molecule has 0 radical (unpaired) electrons. The van der Waals surface area contributed by atoms with Gasteiger partial charge in [0.15, 0.2) is 11.3 Å². The van der Waals surface area contributed by atoms with Crippen LogP contribution in [0, 0.1) is 0 Å². The van der Waals surface area contributed by atoms with E-state index >= 15 is 0 Å². The molecule has 1 atom stereocenters. The van der Waals surface area contributed by atoms with Crippen LogP contribution in [0.4, 0.5) is 0 Å². The van der Waals surface area contributed by atoms with Gasteiger partial charge in [0, 0.05) is 24.8 Å². The number of halogens is 1. The molecule has 2 amide bonds. The highest BCUT2D eigenvalue weighted by molar-refractivity contribution is 7.80. The molecule has 8 heteroatoms. The van der Waals surface area contributed by atoms with Gasteiger partial charge in [-0.25, -0.2) is 9.99 Å². The number of nitrogens with one attached hydrogen (secondary N) is 1. The minimum Gasteiger partial charge on any atom is -0.275 e. The zero-order valence-corrected chi connectivity index (χ0v) is 16.1.